The molecule has 0 saturated carbocycles. The molecule has 0 N–H and O–H groups in total. The Kier molecular flexibility index (Phi) is 4.42. The average molecular weight is 450 g/mol. The van der Waals surface area contributed by atoms with E-state index >= 15 is 0 Å². The lowest BCUT2D eigenvalue weighted by atomic mass is 10.0. The zero-order chi connectivity index (χ0) is 23.2. The van der Waals surface area contributed by atoms with Gasteiger partial charge < -0.3 is 4.42 Å². The van der Waals surface area contributed by atoms with E-state index in [1.807, 2.05) is 72.8 Å². The third kappa shape index (κ3) is 3.35. The highest BCUT2D eigenvalue weighted by atomic mass is 16.3. The largest absolute Gasteiger partial charge is 0.436 e. The number of hydrogen-bond donors (Lipinski definition) is 0. The van der Waals surface area contributed by atoms with Crippen LogP contribution in [-0.2, 0) is 0 Å². The summed E-state index contributed by atoms with van der Waals surface area (Å²) >= 11 is 0. The van der Waals surface area contributed by atoms with E-state index in [-0.39, 0.29) is 0 Å². The van der Waals surface area contributed by atoms with Crippen molar-refractivity contribution in [2.24, 2.45) is 0 Å². The SMILES string of the molecule is c1ccc(-c2nc3c(ccc4cc(-c5nc(-c6ccccc6)c6ccccc6n5)ccc43)o2)cc1. The van der Waals surface area contributed by atoms with Gasteiger partial charge >= 0.3 is 0 Å². The molecule has 2 heterocycles. The van der Waals surface area contributed by atoms with Gasteiger partial charge in [0.15, 0.2) is 11.4 Å². The minimum atomic E-state index is 0.627. The van der Waals surface area contributed by atoms with Crippen molar-refractivity contribution in [3.63, 3.8) is 0 Å². The monoisotopic (exact) mass is 449 g/mol. The second-order valence-electron chi connectivity index (χ2n) is 8.51. The van der Waals surface area contributed by atoms with Crippen molar-refractivity contribution < 1.29 is 4.42 Å². The predicted molar refractivity (Wildman–Crippen MR) is 141 cm³/mol. The molecule has 0 radical (unpaired) electrons. The van der Waals surface area contributed by atoms with E-state index < -0.39 is 0 Å². The second-order valence-corrected chi connectivity index (χ2v) is 8.51. The summed E-state index contributed by atoms with van der Waals surface area (Å²) < 4.78 is 6.05. The molecule has 0 atom stereocenters. The Morgan fingerprint density at radius 1 is 0.514 bits per heavy atom. The summed E-state index contributed by atoms with van der Waals surface area (Å²) in [5.74, 6) is 1.33. The maximum Gasteiger partial charge on any atom is 0.227 e. The van der Waals surface area contributed by atoms with Crippen LogP contribution in [0.5, 0.6) is 0 Å². The van der Waals surface area contributed by atoms with Gasteiger partial charge in [0.2, 0.25) is 5.89 Å². The maximum atomic E-state index is 6.05. The molecule has 7 aromatic rings. The summed E-state index contributed by atoms with van der Waals surface area (Å²) in [5.41, 5.74) is 6.50. The molecule has 5 aromatic carbocycles. The van der Waals surface area contributed by atoms with Crippen molar-refractivity contribution >= 4 is 32.8 Å². The Bertz CT molecular complexity index is 1840. The lowest BCUT2D eigenvalue weighted by molar-refractivity contribution is 0.620. The Hall–Kier alpha value is -4.83. The Morgan fingerprint density at radius 3 is 2.09 bits per heavy atom. The first kappa shape index (κ1) is 19.6. The van der Waals surface area contributed by atoms with E-state index in [0.29, 0.717) is 11.7 Å². The van der Waals surface area contributed by atoms with Gasteiger partial charge in [-0.2, -0.15) is 0 Å². The van der Waals surface area contributed by atoms with Crippen LogP contribution >= 0.6 is 0 Å². The smallest absolute Gasteiger partial charge is 0.227 e. The number of benzene rings is 5. The van der Waals surface area contributed by atoms with E-state index in [2.05, 4.69) is 42.5 Å². The fourth-order valence-corrected chi connectivity index (χ4v) is 4.58. The highest BCUT2D eigenvalue weighted by Crippen LogP contribution is 2.33. The van der Waals surface area contributed by atoms with Crippen LogP contribution in [0.2, 0.25) is 0 Å². The topological polar surface area (TPSA) is 51.8 Å². The minimum Gasteiger partial charge on any atom is -0.436 e. The van der Waals surface area contributed by atoms with Gasteiger partial charge in [0.05, 0.1) is 11.2 Å². The molecule has 7 rings (SSSR count). The number of para-hydroxylation sites is 1. The van der Waals surface area contributed by atoms with Gasteiger partial charge in [-0.25, -0.2) is 15.0 Å². The van der Waals surface area contributed by atoms with Crippen molar-refractivity contribution in [1.29, 1.82) is 0 Å². The maximum absolute atomic E-state index is 6.05. The Balaban J connectivity index is 1.39. The third-order valence-electron chi connectivity index (χ3n) is 6.30. The molecule has 0 bridgehead atoms. The second kappa shape index (κ2) is 7.89. The van der Waals surface area contributed by atoms with Crippen LogP contribution in [-0.4, -0.2) is 15.0 Å². The number of oxazole rings is 1. The molecule has 0 aliphatic carbocycles. The van der Waals surface area contributed by atoms with E-state index in [4.69, 9.17) is 19.4 Å². The van der Waals surface area contributed by atoms with Crippen LogP contribution in [0, 0.1) is 0 Å². The van der Waals surface area contributed by atoms with Crippen molar-refractivity contribution in [2.75, 3.05) is 0 Å². The summed E-state index contributed by atoms with van der Waals surface area (Å²) in [4.78, 5) is 14.7. The van der Waals surface area contributed by atoms with Gasteiger partial charge in [0.25, 0.3) is 0 Å². The summed E-state index contributed by atoms with van der Waals surface area (Å²) in [6, 6.07) is 38.7. The Morgan fingerprint density at radius 2 is 1.26 bits per heavy atom. The minimum absolute atomic E-state index is 0.627. The molecule has 0 saturated heterocycles. The zero-order valence-electron chi connectivity index (χ0n) is 18.7. The molecule has 0 fully saturated rings. The third-order valence-corrected chi connectivity index (χ3v) is 6.30. The van der Waals surface area contributed by atoms with Gasteiger partial charge in [0.1, 0.15) is 5.52 Å². The molecule has 4 nitrogen and oxygen atoms in total. The van der Waals surface area contributed by atoms with Crippen molar-refractivity contribution in [2.45, 2.75) is 0 Å². The first-order valence-corrected chi connectivity index (χ1v) is 11.5. The molecular formula is C31H19N3O. The van der Waals surface area contributed by atoms with E-state index in [1.54, 1.807) is 0 Å². The standard InChI is InChI=1S/C31H19N3O/c1-3-9-20(10-4-1)28-25-13-7-8-14-26(25)32-30(33-28)23-15-17-24-22(19-23)16-18-27-29(24)34-31(35-27)21-11-5-2-6-12-21/h1-19H. The molecule has 4 heteroatoms. The summed E-state index contributed by atoms with van der Waals surface area (Å²) in [7, 11) is 0. The molecule has 0 aliphatic rings. The average Bonchev–Trinajstić information content (AvgIpc) is 3.38. The molecule has 0 unspecified atom stereocenters. The molecular weight excluding hydrogens is 430 g/mol. The van der Waals surface area contributed by atoms with Crippen molar-refractivity contribution in [3.05, 3.63) is 115 Å². The van der Waals surface area contributed by atoms with Crippen LogP contribution in [0.25, 0.3) is 66.9 Å². The van der Waals surface area contributed by atoms with Crippen LogP contribution in [0.4, 0.5) is 0 Å². The molecule has 164 valence electrons. The fraction of sp³-hybridized carbons (Fsp3) is 0. The van der Waals surface area contributed by atoms with Gasteiger partial charge in [0, 0.05) is 27.5 Å². The summed E-state index contributed by atoms with van der Waals surface area (Å²) in [6.45, 7) is 0. The molecule has 35 heavy (non-hydrogen) atoms. The van der Waals surface area contributed by atoms with E-state index in [0.717, 1.165) is 55.2 Å². The fourth-order valence-electron chi connectivity index (χ4n) is 4.58. The molecule has 0 amide bonds. The first-order valence-electron chi connectivity index (χ1n) is 11.5. The number of rotatable bonds is 3. The van der Waals surface area contributed by atoms with Gasteiger partial charge in [-0.15, -0.1) is 0 Å². The van der Waals surface area contributed by atoms with E-state index in [1.165, 1.54) is 0 Å². The van der Waals surface area contributed by atoms with E-state index in [9.17, 15) is 0 Å². The lowest BCUT2D eigenvalue weighted by Gasteiger charge is -2.10. The van der Waals surface area contributed by atoms with Crippen LogP contribution in [0.1, 0.15) is 0 Å². The van der Waals surface area contributed by atoms with Gasteiger partial charge in [-0.05, 0) is 35.7 Å². The number of aromatic nitrogens is 3. The first-order chi connectivity index (χ1) is 17.3. The molecule has 2 aromatic heterocycles. The normalized spacial score (nSPS) is 11.4. The summed E-state index contributed by atoms with van der Waals surface area (Å²) in [6.07, 6.45) is 0. The van der Waals surface area contributed by atoms with Crippen LogP contribution in [0.3, 0.4) is 0 Å². The van der Waals surface area contributed by atoms with Crippen molar-refractivity contribution in [3.8, 4) is 34.1 Å². The number of fused-ring (bicyclic) bond motifs is 4. The van der Waals surface area contributed by atoms with Gasteiger partial charge in [-0.3, -0.25) is 0 Å². The highest BCUT2D eigenvalue weighted by molar-refractivity contribution is 6.05. The zero-order valence-corrected chi connectivity index (χ0v) is 18.7. The van der Waals surface area contributed by atoms with Gasteiger partial charge in [-0.1, -0.05) is 84.9 Å². The highest BCUT2D eigenvalue weighted by Gasteiger charge is 2.14. The number of nitrogens with zero attached hydrogens (tertiary/aromatic N) is 3. The number of hydrogen-bond acceptors (Lipinski definition) is 4. The Labute approximate surface area is 201 Å². The van der Waals surface area contributed by atoms with Crippen LogP contribution < -0.4 is 0 Å². The quantitative estimate of drug-likeness (QED) is 0.275. The molecule has 0 spiro atoms. The van der Waals surface area contributed by atoms with Crippen LogP contribution in [0.15, 0.2) is 120 Å². The lowest BCUT2D eigenvalue weighted by Crippen LogP contribution is -1.95. The van der Waals surface area contributed by atoms with Crippen molar-refractivity contribution in [1.82, 2.24) is 15.0 Å². The molecule has 0 aliphatic heterocycles. The summed E-state index contributed by atoms with van der Waals surface area (Å²) in [5, 5.41) is 3.16. The predicted octanol–water partition coefficient (Wildman–Crippen LogP) is 7.93.